The minimum absolute atomic E-state index is 0.698. The molecule has 0 saturated carbocycles. The van der Waals surface area contributed by atoms with E-state index in [2.05, 4.69) is 16.7 Å². The largest absolute Gasteiger partial charge is 0.497 e. The van der Waals surface area contributed by atoms with E-state index in [1.54, 1.807) is 18.1 Å². The van der Waals surface area contributed by atoms with Crippen LogP contribution in [0.2, 0.25) is 0 Å². The fourth-order valence-corrected chi connectivity index (χ4v) is 1.52. The van der Waals surface area contributed by atoms with E-state index in [0.29, 0.717) is 12.4 Å². The molecular formula is C13H15N3O. The lowest BCUT2D eigenvalue weighted by molar-refractivity contribution is 0.415. The van der Waals surface area contributed by atoms with E-state index >= 15 is 0 Å². The molecule has 88 valence electrons. The summed E-state index contributed by atoms with van der Waals surface area (Å²) in [7, 11) is 1.65. The first-order valence-electron chi connectivity index (χ1n) is 5.37. The highest BCUT2D eigenvalue weighted by atomic mass is 16.5. The molecule has 0 unspecified atom stereocenters. The molecule has 0 fully saturated rings. The van der Waals surface area contributed by atoms with E-state index < -0.39 is 0 Å². The molecule has 0 radical (unpaired) electrons. The number of rotatable bonds is 4. The topological polar surface area (TPSA) is 39.9 Å². The van der Waals surface area contributed by atoms with Gasteiger partial charge in [-0.05, 0) is 31.2 Å². The Morgan fingerprint density at radius 1 is 1.35 bits per heavy atom. The third-order valence-corrected chi connectivity index (χ3v) is 2.32. The summed E-state index contributed by atoms with van der Waals surface area (Å²) in [6, 6.07) is 7.68. The Labute approximate surface area is 101 Å². The first kappa shape index (κ1) is 11.4. The zero-order valence-corrected chi connectivity index (χ0v) is 10.1. The lowest BCUT2D eigenvalue weighted by atomic mass is 10.2. The number of aromatic nitrogens is 3. The van der Waals surface area contributed by atoms with Crippen molar-refractivity contribution in [3.8, 4) is 17.1 Å². The molecule has 0 aliphatic carbocycles. The van der Waals surface area contributed by atoms with Crippen LogP contribution in [0.15, 0.2) is 42.7 Å². The molecule has 4 nitrogen and oxygen atoms in total. The van der Waals surface area contributed by atoms with Crippen LogP contribution in [0.1, 0.15) is 6.92 Å². The van der Waals surface area contributed by atoms with Crippen molar-refractivity contribution >= 4 is 0 Å². The number of allylic oxidation sites excluding steroid dienone is 1. The average molecular weight is 229 g/mol. The summed E-state index contributed by atoms with van der Waals surface area (Å²) in [5, 5.41) is 4.38. The molecule has 1 heterocycles. The summed E-state index contributed by atoms with van der Waals surface area (Å²) >= 11 is 0. The second kappa shape index (κ2) is 4.82. The molecule has 0 atom stereocenters. The van der Waals surface area contributed by atoms with E-state index in [9.17, 15) is 0 Å². The molecule has 2 rings (SSSR count). The van der Waals surface area contributed by atoms with Crippen molar-refractivity contribution in [3.63, 3.8) is 0 Å². The number of methoxy groups -OCH3 is 1. The van der Waals surface area contributed by atoms with Gasteiger partial charge >= 0.3 is 0 Å². The minimum atomic E-state index is 0.698. The molecule has 1 aromatic carbocycles. The third-order valence-electron chi connectivity index (χ3n) is 2.32. The molecule has 2 aromatic rings. The summed E-state index contributed by atoms with van der Waals surface area (Å²) in [5.41, 5.74) is 2.03. The molecule has 17 heavy (non-hydrogen) atoms. The predicted octanol–water partition coefficient (Wildman–Crippen LogP) is 2.53. The molecule has 1 aromatic heterocycles. The maximum atomic E-state index is 5.11. The van der Waals surface area contributed by atoms with Crippen LogP contribution in [0.25, 0.3) is 11.4 Å². The maximum absolute atomic E-state index is 5.11. The van der Waals surface area contributed by atoms with Gasteiger partial charge in [-0.25, -0.2) is 9.67 Å². The van der Waals surface area contributed by atoms with Crippen LogP contribution in [-0.2, 0) is 6.54 Å². The Bertz CT molecular complexity index is 514. The molecule has 0 bridgehead atoms. The monoisotopic (exact) mass is 229 g/mol. The van der Waals surface area contributed by atoms with Gasteiger partial charge in [-0.15, -0.1) is 0 Å². The van der Waals surface area contributed by atoms with Crippen LogP contribution >= 0.6 is 0 Å². The van der Waals surface area contributed by atoms with Crippen LogP contribution in [0.5, 0.6) is 5.75 Å². The molecule has 4 heteroatoms. The van der Waals surface area contributed by atoms with Crippen molar-refractivity contribution in [2.24, 2.45) is 0 Å². The Kier molecular flexibility index (Phi) is 3.23. The normalized spacial score (nSPS) is 10.2. The van der Waals surface area contributed by atoms with Crippen LogP contribution in [0.3, 0.4) is 0 Å². The SMILES string of the molecule is C=C(C)Cn1cnc(-c2ccc(OC)cc2)n1. The molecular weight excluding hydrogens is 214 g/mol. The van der Waals surface area contributed by atoms with Gasteiger partial charge in [0.1, 0.15) is 12.1 Å². The van der Waals surface area contributed by atoms with Crippen LogP contribution < -0.4 is 4.74 Å². The summed E-state index contributed by atoms with van der Waals surface area (Å²) in [6.45, 7) is 6.51. The van der Waals surface area contributed by atoms with E-state index in [4.69, 9.17) is 4.74 Å². The van der Waals surface area contributed by atoms with Gasteiger partial charge in [0, 0.05) is 5.56 Å². The highest BCUT2D eigenvalue weighted by Crippen LogP contribution is 2.18. The fraction of sp³-hybridized carbons (Fsp3) is 0.231. The lowest BCUT2D eigenvalue weighted by Crippen LogP contribution is -1.98. The Balaban J connectivity index is 2.21. The van der Waals surface area contributed by atoms with Gasteiger partial charge in [-0.3, -0.25) is 0 Å². The first-order valence-corrected chi connectivity index (χ1v) is 5.37. The van der Waals surface area contributed by atoms with Gasteiger partial charge in [0.05, 0.1) is 13.7 Å². The molecule has 0 N–H and O–H groups in total. The summed E-state index contributed by atoms with van der Waals surface area (Å²) in [5.74, 6) is 1.55. The molecule has 0 aliphatic heterocycles. The summed E-state index contributed by atoms with van der Waals surface area (Å²) in [4.78, 5) is 4.26. The van der Waals surface area contributed by atoms with Gasteiger partial charge in [-0.2, -0.15) is 5.10 Å². The van der Waals surface area contributed by atoms with Gasteiger partial charge in [0.15, 0.2) is 5.82 Å². The maximum Gasteiger partial charge on any atom is 0.181 e. The second-order valence-electron chi connectivity index (χ2n) is 3.95. The number of hydrogen-bond acceptors (Lipinski definition) is 3. The van der Waals surface area contributed by atoms with Crippen molar-refractivity contribution in [3.05, 3.63) is 42.7 Å². The van der Waals surface area contributed by atoms with Crippen LogP contribution in [-0.4, -0.2) is 21.9 Å². The van der Waals surface area contributed by atoms with E-state index in [1.165, 1.54) is 0 Å². The van der Waals surface area contributed by atoms with Gasteiger partial charge in [0.2, 0.25) is 0 Å². The minimum Gasteiger partial charge on any atom is -0.497 e. The Hall–Kier alpha value is -2.10. The van der Waals surface area contributed by atoms with Crippen molar-refractivity contribution in [1.82, 2.24) is 14.8 Å². The zero-order chi connectivity index (χ0) is 12.3. The van der Waals surface area contributed by atoms with Crippen molar-refractivity contribution in [2.75, 3.05) is 7.11 Å². The zero-order valence-electron chi connectivity index (χ0n) is 10.1. The van der Waals surface area contributed by atoms with Gasteiger partial charge < -0.3 is 4.74 Å². The third kappa shape index (κ3) is 2.72. The molecule has 0 spiro atoms. The Morgan fingerprint density at radius 3 is 2.65 bits per heavy atom. The number of hydrogen-bond donors (Lipinski definition) is 0. The van der Waals surface area contributed by atoms with E-state index in [-0.39, 0.29) is 0 Å². The standard InChI is InChI=1S/C13H15N3O/c1-10(2)8-16-9-14-13(15-16)11-4-6-12(17-3)7-5-11/h4-7,9H,1,8H2,2-3H3. The quantitative estimate of drug-likeness (QED) is 0.756. The smallest absolute Gasteiger partial charge is 0.181 e. The van der Waals surface area contributed by atoms with Crippen molar-refractivity contribution in [2.45, 2.75) is 13.5 Å². The number of ether oxygens (including phenoxy) is 1. The average Bonchev–Trinajstić information content (AvgIpc) is 2.77. The van der Waals surface area contributed by atoms with Gasteiger partial charge in [-0.1, -0.05) is 12.2 Å². The van der Waals surface area contributed by atoms with E-state index in [0.717, 1.165) is 16.9 Å². The van der Waals surface area contributed by atoms with Crippen LogP contribution in [0.4, 0.5) is 0 Å². The highest BCUT2D eigenvalue weighted by Gasteiger charge is 2.04. The number of benzene rings is 1. The van der Waals surface area contributed by atoms with Crippen LogP contribution in [0, 0.1) is 0 Å². The second-order valence-corrected chi connectivity index (χ2v) is 3.95. The molecule has 0 aliphatic rings. The molecule has 0 amide bonds. The van der Waals surface area contributed by atoms with Gasteiger partial charge in [0.25, 0.3) is 0 Å². The molecule has 0 saturated heterocycles. The predicted molar refractivity (Wildman–Crippen MR) is 66.8 cm³/mol. The van der Waals surface area contributed by atoms with Crippen molar-refractivity contribution < 1.29 is 4.74 Å². The van der Waals surface area contributed by atoms with E-state index in [1.807, 2.05) is 31.2 Å². The lowest BCUT2D eigenvalue weighted by Gasteiger charge is -2.00. The summed E-state index contributed by atoms with van der Waals surface area (Å²) in [6.07, 6.45) is 1.72. The first-order chi connectivity index (χ1) is 8.19. The van der Waals surface area contributed by atoms with Crippen molar-refractivity contribution in [1.29, 1.82) is 0 Å². The Morgan fingerprint density at radius 2 is 2.06 bits per heavy atom. The number of nitrogens with zero attached hydrogens (tertiary/aromatic N) is 3. The summed E-state index contributed by atoms with van der Waals surface area (Å²) < 4.78 is 6.88. The highest BCUT2D eigenvalue weighted by molar-refractivity contribution is 5.55. The fourth-order valence-electron chi connectivity index (χ4n) is 1.52.